The first-order chi connectivity index (χ1) is 11.7. The molecule has 1 aliphatic rings. The van der Waals surface area contributed by atoms with Crippen LogP contribution in [0, 0.1) is 0 Å². The summed E-state index contributed by atoms with van der Waals surface area (Å²) < 4.78 is 5.73. The summed E-state index contributed by atoms with van der Waals surface area (Å²) in [6, 6.07) is 9.40. The van der Waals surface area contributed by atoms with Crippen molar-refractivity contribution in [2.24, 2.45) is 0 Å². The van der Waals surface area contributed by atoms with Gasteiger partial charge in [-0.3, -0.25) is 9.59 Å². The maximum atomic E-state index is 12.4. The van der Waals surface area contributed by atoms with Gasteiger partial charge in [-0.05, 0) is 23.7 Å². The molecule has 1 aromatic carbocycles. The third kappa shape index (κ3) is 2.65. The monoisotopic (exact) mass is 341 g/mol. The van der Waals surface area contributed by atoms with Crippen molar-refractivity contribution in [3.05, 3.63) is 52.7 Å². The lowest BCUT2D eigenvalue weighted by molar-refractivity contribution is 0.0740. The Morgan fingerprint density at radius 3 is 2.75 bits per heavy atom. The average molecular weight is 341 g/mol. The van der Waals surface area contributed by atoms with Gasteiger partial charge in [-0.25, -0.2) is 4.98 Å². The molecule has 7 nitrogen and oxygen atoms in total. The molecule has 0 spiro atoms. The largest absolute Gasteiger partial charge is 0.352 e. The van der Waals surface area contributed by atoms with Gasteiger partial charge in [0, 0.05) is 37.6 Å². The minimum Gasteiger partial charge on any atom is -0.352 e. The van der Waals surface area contributed by atoms with Crippen LogP contribution >= 0.6 is 11.5 Å². The molecule has 1 saturated heterocycles. The summed E-state index contributed by atoms with van der Waals surface area (Å²) in [6.07, 6.45) is 1.26. The zero-order valence-electron chi connectivity index (χ0n) is 12.8. The molecule has 1 N–H and O–H groups in total. The summed E-state index contributed by atoms with van der Waals surface area (Å²) in [5, 5.41) is 1.15. The van der Waals surface area contributed by atoms with Gasteiger partial charge in [0.1, 0.15) is 11.5 Å². The van der Waals surface area contributed by atoms with E-state index in [1.165, 1.54) is 28.6 Å². The van der Waals surface area contributed by atoms with E-state index in [-0.39, 0.29) is 17.2 Å². The van der Waals surface area contributed by atoms with Crippen molar-refractivity contribution in [3.63, 3.8) is 0 Å². The van der Waals surface area contributed by atoms with Crippen molar-refractivity contribution >= 4 is 33.3 Å². The van der Waals surface area contributed by atoms with Crippen molar-refractivity contribution in [1.82, 2.24) is 19.2 Å². The highest BCUT2D eigenvalue weighted by Crippen LogP contribution is 2.29. The van der Waals surface area contributed by atoms with Crippen LogP contribution in [0.3, 0.4) is 0 Å². The lowest BCUT2D eigenvalue weighted by atomic mass is 10.2. The summed E-state index contributed by atoms with van der Waals surface area (Å²) in [4.78, 5) is 34.1. The first-order valence-corrected chi connectivity index (χ1v) is 8.43. The maximum absolute atomic E-state index is 12.4. The molecule has 0 saturated carbocycles. The zero-order valence-corrected chi connectivity index (χ0v) is 13.6. The molecule has 2 aromatic heterocycles. The zero-order chi connectivity index (χ0) is 16.5. The summed E-state index contributed by atoms with van der Waals surface area (Å²) >= 11 is 1.49. The third-order valence-electron chi connectivity index (χ3n) is 4.12. The van der Waals surface area contributed by atoms with Crippen molar-refractivity contribution in [1.29, 1.82) is 0 Å². The number of aromatic amines is 1. The minimum atomic E-state index is -0.319. The van der Waals surface area contributed by atoms with E-state index in [0.29, 0.717) is 26.2 Å². The van der Waals surface area contributed by atoms with E-state index in [2.05, 4.69) is 31.4 Å². The molecule has 1 fully saturated rings. The summed E-state index contributed by atoms with van der Waals surface area (Å²) in [5.41, 5.74) is -0.132. The van der Waals surface area contributed by atoms with Crippen LogP contribution in [0.25, 0.3) is 10.1 Å². The molecular weight excluding hydrogens is 326 g/mol. The van der Waals surface area contributed by atoms with Gasteiger partial charge in [-0.1, -0.05) is 12.1 Å². The predicted octanol–water partition coefficient (Wildman–Crippen LogP) is 1.34. The van der Waals surface area contributed by atoms with Gasteiger partial charge >= 0.3 is 0 Å². The van der Waals surface area contributed by atoms with Crippen molar-refractivity contribution in [2.45, 2.75) is 0 Å². The topological polar surface area (TPSA) is 82.2 Å². The van der Waals surface area contributed by atoms with E-state index in [1.807, 2.05) is 12.1 Å². The molecule has 8 heteroatoms. The van der Waals surface area contributed by atoms with Crippen molar-refractivity contribution in [2.75, 3.05) is 31.1 Å². The normalized spacial score (nSPS) is 15.0. The molecule has 1 aliphatic heterocycles. The van der Waals surface area contributed by atoms with Crippen molar-refractivity contribution in [3.8, 4) is 0 Å². The van der Waals surface area contributed by atoms with Crippen molar-refractivity contribution < 1.29 is 4.79 Å². The van der Waals surface area contributed by atoms with Gasteiger partial charge in [0.15, 0.2) is 0 Å². The number of aromatic nitrogens is 3. The number of hydrogen-bond donors (Lipinski definition) is 1. The number of rotatable bonds is 2. The number of piperazine rings is 1. The van der Waals surface area contributed by atoms with E-state index in [4.69, 9.17) is 0 Å². The number of benzene rings is 1. The third-order valence-corrected chi connectivity index (χ3v) is 4.94. The molecule has 4 rings (SSSR count). The van der Waals surface area contributed by atoms with E-state index in [9.17, 15) is 9.59 Å². The van der Waals surface area contributed by atoms with Crippen LogP contribution in [0.15, 0.2) is 41.5 Å². The molecule has 0 bridgehead atoms. The first kappa shape index (κ1) is 14.8. The predicted molar refractivity (Wildman–Crippen MR) is 92.6 cm³/mol. The van der Waals surface area contributed by atoms with E-state index >= 15 is 0 Å². The number of carbonyl (C=O) groups excluding carboxylic acids is 1. The Morgan fingerprint density at radius 1 is 1.17 bits per heavy atom. The molecule has 24 heavy (non-hydrogen) atoms. The Morgan fingerprint density at radius 2 is 1.96 bits per heavy atom. The fourth-order valence-corrected chi connectivity index (χ4v) is 3.67. The summed E-state index contributed by atoms with van der Waals surface area (Å²) in [6.45, 7) is 2.59. The van der Waals surface area contributed by atoms with E-state index < -0.39 is 0 Å². The van der Waals surface area contributed by atoms with Crippen LogP contribution < -0.4 is 10.5 Å². The molecule has 0 unspecified atom stereocenters. The highest BCUT2D eigenvalue weighted by molar-refractivity contribution is 7.13. The Hall–Kier alpha value is -2.74. The Kier molecular flexibility index (Phi) is 3.73. The Labute approximate surface area is 141 Å². The lowest BCUT2D eigenvalue weighted by Crippen LogP contribution is -2.49. The Bertz CT molecular complexity index is 943. The molecule has 0 atom stereocenters. The van der Waals surface area contributed by atoms with E-state index in [1.54, 1.807) is 4.90 Å². The summed E-state index contributed by atoms with van der Waals surface area (Å²) in [5.74, 6) is 0.779. The second-order valence-corrected chi connectivity index (χ2v) is 6.38. The quantitative estimate of drug-likeness (QED) is 0.761. The number of nitrogens with zero attached hydrogens (tertiary/aromatic N) is 4. The van der Waals surface area contributed by atoms with Crippen LogP contribution in [0.2, 0.25) is 0 Å². The van der Waals surface area contributed by atoms with Gasteiger partial charge in [0.25, 0.3) is 11.5 Å². The smallest absolute Gasteiger partial charge is 0.272 e. The number of H-pyrrole nitrogens is 1. The second kappa shape index (κ2) is 6.04. The lowest BCUT2D eigenvalue weighted by Gasteiger charge is -2.34. The highest BCUT2D eigenvalue weighted by atomic mass is 32.1. The van der Waals surface area contributed by atoms with Gasteiger partial charge in [-0.2, -0.15) is 4.37 Å². The number of amides is 1. The number of fused-ring (bicyclic) bond motifs is 1. The number of nitrogens with one attached hydrogen (secondary N) is 1. The second-order valence-electron chi connectivity index (χ2n) is 5.58. The Balaban J connectivity index is 1.49. The molecule has 0 aliphatic carbocycles. The van der Waals surface area contributed by atoms with Gasteiger partial charge in [0.05, 0.1) is 11.0 Å². The van der Waals surface area contributed by atoms with Crippen LogP contribution in [0.4, 0.5) is 5.82 Å². The molecule has 3 aromatic rings. The molecule has 0 radical (unpaired) electrons. The van der Waals surface area contributed by atoms with Gasteiger partial charge in [-0.15, -0.1) is 0 Å². The average Bonchev–Trinajstić information content (AvgIpc) is 3.05. The summed E-state index contributed by atoms with van der Waals surface area (Å²) in [7, 11) is 0. The number of carbonyl (C=O) groups is 1. The van der Waals surface area contributed by atoms with Gasteiger partial charge < -0.3 is 14.8 Å². The maximum Gasteiger partial charge on any atom is 0.272 e. The SMILES string of the molecule is O=C(c1cc(=O)[nH]cn1)N1CCN(c2nsc3ccccc23)CC1. The standard InChI is InChI=1S/C16H15N5O2S/c22-14-9-12(17-10-18-14)16(23)21-7-5-20(6-8-21)15-11-3-1-2-4-13(11)24-19-15/h1-4,9-10H,5-8H2,(H,17,18,22). The number of anilines is 1. The van der Waals surface area contributed by atoms with Gasteiger partial charge in [0.2, 0.25) is 0 Å². The fraction of sp³-hybridized carbons (Fsp3) is 0.250. The van der Waals surface area contributed by atoms with E-state index in [0.717, 1.165) is 11.2 Å². The molecular formula is C16H15N5O2S. The van der Waals surface area contributed by atoms with Crippen LogP contribution in [0.1, 0.15) is 10.5 Å². The highest BCUT2D eigenvalue weighted by Gasteiger charge is 2.25. The molecule has 3 heterocycles. The van der Waals surface area contributed by atoms with Crippen LogP contribution in [-0.2, 0) is 0 Å². The molecule has 122 valence electrons. The van der Waals surface area contributed by atoms with Crippen LogP contribution in [0.5, 0.6) is 0 Å². The van der Waals surface area contributed by atoms with Crippen LogP contribution in [-0.4, -0.2) is 51.3 Å². The minimum absolute atomic E-state index is 0.186. The fourth-order valence-electron chi connectivity index (χ4n) is 2.87. The molecule has 1 amide bonds. The first-order valence-electron chi connectivity index (χ1n) is 7.66. The number of hydrogen-bond acceptors (Lipinski definition) is 6.